The van der Waals surface area contributed by atoms with Crippen LogP contribution < -0.4 is 10.6 Å². The standard InChI is InChI=1S/C34H33ClN8O3/c1-46-34(45)38-27-13-14-28-24(19-27)5-3-2-4-22-6-8-23(9-7-22)10-15-29(33-36-20-30(28)40-33)39-32(44)17-11-25-18-26(35)12-16-31(25)43-21-37-41-42-43/h6-9,11-14,16-21,29H,2-5,10,15H2,1H3,(H,36,40)(H,38,45)(H,39,44). The van der Waals surface area contributed by atoms with Crippen LogP contribution in [-0.4, -0.2) is 49.3 Å². The van der Waals surface area contributed by atoms with Gasteiger partial charge in [-0.15, -0.1) is 5.10 Å². The molecular formula is C34H33ClN8O3. The van der Waals surface area contributed by atoms with Crippen LogP contribution in [0.5, 0.6) is 0 Å². The number of tetrazole rings is 1. The van der Waals surface area contributed by atoms with Gasteiger partial charge in [0.05, 0.1) is 30.7 Å². The number of methoxy groups -OCH3 is 1. The molecule has 46 heavy (non-hydrogen) atoms. The first-order chi connectivity index (χ1) is 22.4. The minimum atomic E-state index is -0.518. The molecule has 0 fully saturated rings. The zero-order valence-corrected chi connectivity index (χ0v) is 26.0. The molecule has 4 heterocycles. The van der Waals surface area contributed by atoms with Crippen LogP contribution in [0.25, 0.3) is 23.0 Å². The molecule has 2 aliphatic rings. The molecule has 0 saturated heterocycles. The van der Waals surface area contributed by atoms with E-state index in [1.165, 1.54) is 35.3 Å². The fourth-order valence-electron chi connectivity index (χ4n) is 5.59. The Hall–Kier alpha value is -5.29. The van der Waals surface area contributed by atoms with E-state index in [-0.39, 0.29) is 11.9 Å². The molecule has 0 radical (unpaired) electrons. The highest BCUT2D eigenvalue weighted by Gasteiger charge is 2.19. The van der Waals surface area contributed by atoms with Crippen LogP contribution in [0.15, 0.2) is 79.3 Å². The first-order valence-electron chi connectivity index (χ1n) is 15.1. The Morgan fingerprint density at radius 3 is 2.61 bits per heavy atom. The van der Waals surface area contributed by atoms with E-state index in [2.05, 4.69) is 55.4 Å². The van der Waals surface area contributed by atoms with Crippen molar-refractivity contribution < 1.29 is 14.3 Å². The van der Waals surface area contributed by atoms with Gasteiger partial charge in [0.15, 0.2) is 0 Å². The van der Waals surface area contributed by atoms with Crippen molar-refractivity contribution in [1.82, 2.24) is 35.5 Å². The molecule has 2 aliphatic heterocycles. The number of hydrogen-bond donors (Lipinski definition) is 3. The Morgan fingerprint density at radius 1 is 1.02 bits per heavy atom. The maximum atomic E-state index is 13.3. The molecule has 11 nitrogen and oxygen atoms in total. The second-order valence-electron chi connectivity index (χ2n) is 11.1. The summed E-state index contributed by atoms with van der Waals surface area (Å²) in [5.41, 5.74) is 7.43. The summed E-state index contributed by atoms with van der Waals surface area (Å²) in [5.74, 6) is 0.370. The van der Waals surface area contributed by atoms with E-state index >= 15 is 0 Å². The number of rotatable bonds is 5. The van der Waals surface area contributed by atoms with E-state index in [1.807, 2.05) is 18.2 Å². The van der Waals surface area contributed by atoms with Gasteiger partial charge in [0, 0.05) is 27.9 Å². The zero-order chi connectivity index (χ0) is 31.9. The van der Waals surface area contributed by atoms with Gasteiger partial charge in [-0.25, -0.2) is 9.78 Å². The molecule has 3 N–H and O–H groups in total. The van der Waals surface area contributed by atoms with Gasteiger partial charge >= 0.3 is 6.09 Å². The van der Waals surface area contributed by atoms with E-state index in [0.717, 1.165) is 48.9 Å². The number of nitrogens with one attached hydrogen (secondary N) is 3. The lowest BCUT2D eigenvalue weighted by atomic mass is 9.97. The molecule has 0 saturated carbocycles. The average molecular weight is 637 g/mol. The predicted molar refractivity (Wildman–Crippen MR) is 176 cm³/mol. The van der Waals surface area contributed by atoms with Gasteiger partial charge in [-0.05, 0) is 102 Å². The maximum absolute atomic E-state index is 13.3. The van der Waals surface area contributed by atoms with Crippen LogP contribution in [0.3, 0.4) is 0 Å². The molecule has 5 aromatic rings. The summed E-state index contributed by atoms with van der Waals surface area (Å²) < 4.78 is 6.30. The Morgan fingerprint density at radius 2 is 1.83 bits per heavy atom. The lowest BCUT2D eigenvalue weighted by Gasteiger charge is -2.17. The number of anilines is 1. The average Bonchev–Trinajstić information content (AvgIpc) is 3.78. The summed E-state index contributed by atoms with van der Waals surface area (Å²) in [6.45, 7) is 0. The van der Waals surface area contributed by atoms with E-state index in [0.29, 0.717) is 34.2 Å². The third-order valence-corrected chi connectivity index (χ3v) is 8.21. The number of carbonyl (C=O) groups excluding carboxylic acids is 2. The molecule has 1 atom stereocenters. The third-order valence-electron chi connectivity index (χ3n) is 7.98. The lowest BCUT2D eigenvalue weighted by Crippen LogP contribution is -2.28. The molecule has 4 bridgehead atoms. The number of fused-ring (bicyclic) bond motifs is 7. The highest BCUT2D eigenvalue weighted by molar-refractivity contribution is 6.30. The van der Waals surface area contributed by atoms with Crippen molar-refractivity contribution in [3.05, 3.63) is 112 Å². The highest BCUT2D eigenvalue weighted by atomic mass is 35.5. The van der Waals surface area contributed by atoms with Crippen LogP contribution in [-0.2, 0) is 28.8 Å². The Labute approximate surface area is 271 Å². The van der Waals surface area contributed by atoms with Crippen LogP contribution in [0.2, 0.25) is 5.02 Å². The van der Waals surface area contributed by atoms with Crippen molar-refractivity contribution in [3.63, 3.8) is 0 Å². The molecular weight excluding hydrogens is 604 g/mol. The second-order valence-corrected chi connectivity index (χ2v) is 11.5. The van der Waals surface area contributed by atoms with Crippen molar-refractivity contribution >= 4 is 35.4 Å². The topological polar surface area (TPSA) is 140 Å². The summed E-state index contributed by atoms with van der Waals surface area (Å²) >= 11 is 6.26. The summed E-state index contributed by atoms with van der Waals surface area (Å²) in [6.07, 6.45) is 11.1. The smallest absolute Gasteiger partial charge is 0.411 e. The molecule has 3 aromatic carbocycles. The molecule has 0 aliphatic carbocycles. The Kier molecular flexibility index (Phi) is 9.49. The van der Waals surface area contributed by atoms with Crippen molar-refractivity contribution in [2.24, 2.45) is 0 Å². The van der Waals surface area contributed by atoms with Gasteiger partial charge in [-0.2, -0.15) is 4.68 Å². The predicted octanol–water partition coefficient (Wildman–Crippen LogP) is 6.27. The second kappa shape index (κ2) is 14.2. The number of halogens is 1. The van der Waals surface area contributed by atoms with Gasteiger partial charge < -0.3 is 15.0 Å². The summed E-state index contributed by atoms with van der Waals surface area (Å²) in [5, 5.41) is 17.8. The number of H-pyrrole nitrogens is 1. The summed E-state index contributed by atoms with van der Waals surface area (Å²) in [4.78, 5) is 33.4. The quantitative estimate of drug-likeness (QED) is 0.193. The molecule has 12 heteroatoms. The van der Waals surface area contributed by atoms with Gasteiger partial charge in [-0.3, -0.25) is 10.1 Å². The fourth-order valence-corrected chi connectivity index (χ4v) is 5.77. The van der Waals surface area contributed by atoms with Gasteiger partial charge in [0.1, 0.15) is 12.2 Å². The van der Waals surface area contributed by atoms with E-state index in [4.69, 9.17) is 21.3 Å². The Balaban J connectivity index is 1.29. The van der Waals surface area contributed by atoms with E-state index < -0.39 is 6.09 Å². The maximum Gasteiger partial charge on any atom is 0.411 e. The van der Waals surface area contributed by atoms with Gasteiger partial charge in [0.2, 0.25) is 5.91 Å². The van der Waals surface area contributed by atoms with Crippen LogP contribution >= 0.6 is 11.6 Å². The van der Waals surface area contributed by atoms with Gasteiger partial charge in [-0.1, -0.05) is 41.9 Å². The minimum absolute atomic E-state index is 0.283. The van der Waals surface area contributed by atoms with Crippen molar-refractivity contribution in [1.29, 1.82) is 0 Å². The number of carbonyl (C=O) groups is 2. The number of benzene rings is 3. The number of aryl methyl sites for hydroxylation is 3. The normalized spacial score (nSPS) is 15.0. The van der Waals surface area contributed by atoms with E-state index in [9.17, 15) is 9.59 Å². The zero-order valence-electron chi connectivity index (χ0n) is 25.2. The van der Waals surface area contributed by atoms with Crippen LogP contribution in [0.1, 0.15) is 53.4 Å². The Bertz CT molecular complexity index is 1850. The first-order valence-corrected chi connectivity index (χ1v) is 15.5. The number of nitrogens with zero attached hydrogens (tertiary/aromatic N) is 5. The molecule has 234 valence electrons. The largest absolute Gasteiger partial charge is 0.453 e. The molecule has 2 aromatic heterocycles. The highest BCUT2D eigenvalue weighted by Crippen LogP contribution is 2.29. The minimum Gasteiger partial charge on any atom is -0.453 e. The van der Waals surface area contributed by atoms with Crippen LogP contribution in [0, 0.1) is 0 Å². The third kappa shape index (κ3) is 7.49. The molecule has 2 amide bonds. The summed E-state index contributed by atoms with van der Waals surface area (Å²) in [6, 6.07) is 19.4. The van der Waals surface area contributed by atoms with Gasteiger partial charge in [0.25, 0.3) is 0 Å². The SMILES string of the molecule is COC(=O)Nc1ccc2c(c1)CCCCc1ccc(cc1)CCC(NC(=O)C=Cc1cc(Cl)ccc1-n1cnnn1)c1ncc-2[nH]1. The number of aromatic amines is 1. The fraction of sp³-hybridized carbons (Fsp3) is 0.235. The number of aromatic nitrogens is 6. The van der Waals surface area contributed by atoms with Crippen LogP contribution in [0.4, 0.5) is 10.5 Å². The molecule has 1 unspecified atom stereocenters. The summed E-state index contributed by atoms with van der Waals surface area (Å²) in [7, 11) is 1.34. The van der Waals surface area contributed by atoms with Crippen molar-refractivity contribution in [3.8, 4) is 16.9 Å². The van der Waals surface area contributed by atoms with Crippen molar-refractivity contribution in [2.75, 3.05) is 12.4 Å². The number of hydrogen-bond acceptors (Lipinski definition) is 7. The lowest BCUT2D eigenvalue weighted by molar-refractivity contribution is -0.117. The van der Waals surface area contributed by atoms with Crippen molar-refractivity contribution in [2.45, 2.75) is 44.6 Å². The monoisotopic (exact) mass is 636 g/mol. The molecule has 7 rings (SSSR count). The first kappa shape index (κ1) is 30.7. The molecule has 0 spiro atoms. The number of ether oxygens (including phenoxy) is 1. The van der Waals surface area contributed by atoms with E-state index in [1.54, 1.807) is 30.5 Å². The number of amides is 2. The number of imidazole rings is 1.